The average Bonchev–Trinajstić information content (AvgIpc) is 2.54. The molecule has 0 fully saturated rings. The van der Waals surface area contributed by atoms with Gasteiger partial charge in [0.2, 0.25) is 0 Å². The van der Waals surface area contributed by atoms with Gasteiger partial charge < -0.3 is 10.1 Å². The number of alkyl halides is 1. The van der Waals surface area contributed by atoms with Gasteiger partial charge in [-0.3, -0.25) is 4.79 Å². The van der Waals surface area contributed by atoms with E-state index in [0.29, 0.717) is 12.2 Å². The molecule has 1 N–H and O–H groups in total. The van der Waals surface area contributed by atoms with Crippen molar-refractivity contribution in [2.75, 3.05) is 11.9 Å². The molecule has 0 saturated carbocycles. The maximum absolute atomic E-state index is 12.2. The Morgan fingerprint density at radius 3 is 2.62 bits per heavy atom. The SMILES string of the molecule is CCCOc1cccc(C(=O)Nc2ccc(CBr)cc2)c1. The van der Waals surface area contributed by atoms with Crippen molar-refractivity contribution in [2.45, 2.75) is 18.7 Å². The van der Waals surface area contributed by atoms with Crippen LogP contribution in [0.3, 0.4) is 0 Å². The van der Waals surface area contributed by atoms with E-state index in [0.717, 1.165) is 23.2 Å². The number of rotatable bonds is 6. The number of carbonyl (C=O) groups excluding carboxylic acids is 1. The van der Waals surface area contributed by atoms with Crippen LogP contribution in [0.2, 0.25) is 0 Å². The first-order chi connectivity index (χ1) is 10.2. The minimum absolute atomic E-state index is 0.136. The predicted octanol–water partition coefficient (Wildman–Crippen LogP) is 4.62. The highest BCUT2D eigenvalue weighted by Gasteiger charge is 2.07. The lowest BCUT2D eigenvalue weighted by atomic mass is 10.2. The highest BCUT2D eigenvalue weighted by Crippen LogP contribution is 2.16. The summed E-state index contributed by atoms with van der Waals surface area (Å²) in [6.45, 7) is 2.70. The fraction of sp³-hybridized carbons (Fsp3) is 0.235. The van der Waals surface area contributed by atoms with E-state index in [4.69, 9.17) is 4.74 Å². The smallest absolute Gasteiger partial charge is 0.255 e. The molecule has 0 aliphatic heterocycles. The van der Waals surface area contributed by atoms with Gasteiger partial charge in [-0.1, -0.05) is 41.1 Å². The lowest BCUT2D eigenvalue weighted by Gasteiger charge is -2.08. The predicted molar refractivity (Wildman–Crippen MR) is 89.3 cm³/mol. The molecule has 110 valence electrons. The van der Waals surface area contributed by atoms with Crippen LogP contribution in [0.15, 0.2) is 48.5 Å². The normalized spacial score (nSPS) is 10.2. The topological polar surface area (TPSA) is 38.3 Å². The summed E-state index contributed by atoms with van der Waals surface area (Å²) in [6.07, 6.45) is 0.941. The summed E-state index contributed by atoms with van der Waals surface area (Å²) < 4.78 is 5.54. The molecule has 0 heterocycles. The summed E-state index contributed by atoms with van der Waals surface area (Å²) in [4.78, 5) is 12.2. The lowest BCUT2D eigenvalue weighted by molar-refractivity contribution is 0.102. The standard InChI is InChI=1S/C17H18BrNO2/c1-2-10-21-16-5-3-4-14(11-16)17(20)19-15-8-6-13(12-18)7-9-15/h3-9,11H,2,10,12H2,1H3,(H,19,20). The number of halogens is 1. The highest BCUT2D eigenvalue weighted by atomic mass is 79.9. The second-order valence-corrected chi connectivity index (χ2v) is 5.22. The van der Waals surface area contributed by atoms with E-state index < -0.39 is 0 Å². The van der Waals surface area contributed by atoms with Crippen LogP contribution in [-0.2, 0) is 5.33 Å². The van der Waals surface area contributed by atoms with Gasteiger partial charge in [0.1, 0.15) is 5.75 Å². The molecule has 0 unspecified atom stereocenters. The molecular formula is C17H18BrNO2. The molecule has 4 heteroatoms. The summed E-state index contributed by atoms with van der Waals surface area (Å²) in [6, 6.07) is 15.0. The minimum Gasteiger partial charge on any atom is -0.494 e. The van der Waals surface area contributed by atoms with Crippen molar-refractivity contribution >= 4 is 27.5 Å². The first kappa shape index (κ1) is 15.6. The number of hydrogen-bond donors (Lipinski definition) is 1. The van der Waals surface area contributed by atoms with Crippen LogP contribution >= 0.6 is 15.9 Å². The van der Waals surface area contributed by atoms with Crippen LogP contribution in [0.4, 0.5) is 5.69 Å². The van der Waals surface area contributed by atoms with Crippen molar-refractivity contribution in [1.82, 2.24) is 0 Å². The quantitative estimate of drug-likeness (QED) is 0.774. The molecule has 0 aromatic heterocycles. The number of amides is 1. The zero-order valence-electron chi connectivity index (χ0n) is 11.9. The van der Waals surface area contributed by atoms with Gasteiger partial charge in [-0.15, -0.1) is 0 Å². The summed E-state index contributed by atoms with van der Waals surface area (Å²) in [7, 11) is 0. The lowest BCUT2D eigenvalue weighted by Crippen LogP contribution is -2.12. The van der Waals surface area contributed by atoms with Gasteiger partial charge in [0, 0.05) is 16.6 Å². The molecule has 0 aliphatic rings. The Bertz CT molecular complexity index is 596. The Labute approximate surface area is 133 Å². The number of ether oxygens (including phenoxy) is 1. The zero-order valence-corrected chi connectivity index (χ0v) is 13.5. The summed E-state index contributed by atoms with van der Waals surface area (Å²) in [5.41, 5.74) is 2.54. The molecule has 3 nitrogen and oxygen atoms in total. The molecule has 1 amide bonds. The van der Waals surface area contributed by atoms with Crippen molar-refractivity contribution in [2.24, 2.45) is 0 Å². The molecule has 0 spiro atoms. The Balaban J connectivity index is 2.05. The fourth-order valence-electron chi connectivity index (χ4n) is 1.83. The van der Waals surface area contributed by atoms with E-state index >= 15 is 0 Å². The van der Waals surface area contributed by atoms with Crippen molar-refractivity contribution in [3.8, 4) is 5.75 Å². The molecule has 0 bridgehead atoms. The molecular weight excluding hydrogens is 330 g/mol. The van der Waals surface area contributed by atoms with Gasteiger partial charge in [0.05, 0.1) is 6.61 Å². The maximum atomic E-state index is 12.2. The molecule has 2 rings (SSSR count). The maximum Gasteiger partial charge on any atom is 0.255 e. The van der Waals surface area contributed by atoms with Crippen LogP contribution in [0.1, 0.15) is 29.3 Å². The van der Waals surface area contributed by atoms with E-state index in [1.165, 1.54) is 5.56 Å². The van der Waals surface area contributed by atoms with Gasteiger partial charge in [0.25, 0.3) is 5.91 Å². The third kappa shape index (κ3) is 4.60. The monoisotopic (exact) mass is 347 g/mol. The molecule has 0 atom stereocenters. The van der Waals surface area contributed by atoms with Gasteiger partial charge in [0.15, 0.2) is 0 Å². The van der Waals surface area contributed by atoms with Crippen LogP contribution in [0.25, 0.3) is 0 Å². The molecule has 0 radical (unpaired) electrons. The number of benzene rings is 2. The van der Waals surface area contributed by atoms with Crippen LogP contribution in [0.5, 0.6) is 5.75 Å². The zero-order chi connectivity index (χ0) is 15.1. The third-order valence-electron chi connectivity index (χ3n) is 2.94. The number of anilines is 1. The van der Waals surface area contributed by atoms with Gasteiger partial charge in [-0.05, 0) is 42.3 Å². The van der Waals surface area contributed by atoms with Crippen molar-refractivity contribution in [3.05, 3.63) is 59.7 Å². The Morgan fingerprint density at radius 2 is 1.95 bits per heavy atom. The largest absolute Gasteiger partial charge is 0.494 e. The Morgan fingerprint density at radius 1 is 1.19 bits per heavy atom. The molecule has 2 aromatic carbocycles. The summed E-state index contributed by atoms with van der Waals surface area (Å²) >= 11 is 3.40. The average molecular weight is 348 g/mol. The van der Waals surface area contributed by atoms with E-state index in [9.17, 15) is 4.79 Å². The number of nitrogens with one attached hydrogen (secondary N) is 1. The van der Waals surface area contributed by atoms with Gasteiger partial charge in [-0.25, -0.2) is 0 Å². The molecule has 2 aromatic rings. The van der Waals surface area contributed by atoms with E-state index in [1.54, 1.807) is 12.1 Å². The summed E-state index contributed by atoms with van der Waals surface area (Å²) in [5, 5.41) is 3.69. The second kappa shape index (κ2) is 7.84. The van der Waals surface area contributed by atoms with Crippen LogP contribution < -0.4 is 10.1 Å². The summed E-state index contributed by atoms with van der Waals surface area (Å²) in [5.74, 6) is 0.586. The van der Waals surface area contributed by atoms with E-state index in [-0.39, 0.29) is 5.91 Å². The first-order valence-corrected chi connectivity index (χ1v) is 8.04. The number of hydrogen-bond acceptors (Lipinski definition) is 2. The van der Waals surface area contributed by atoms with Crippen molar-refractivity contribution in [1.29, 1.82) is 0 Å². The van der Waals surface area contributed by atoms with Crippen molar-refractivity contribution < 1.29 is 9.53 Å². The van der Waals surface area contributed by atoms with Gasteiger partial charge >= 0.3 is 0 Å². The Hall–Kier alpha value is -1.81. The van der Waals surface area contributed by atoms with E-state index in [2.05, 4.69) is 21.2 Å². The first-order valence-electron chi connectivity index (χ1n) is 6.92. The molecule has 0 saturated heterocycles. The van der Waals surface area contributed by atoms with Crippen LogP contribution in [0, 0.1) is 0 Å². The molecule has 21 heavy (non-hydrogen) atoms. The minimum atomic E-state index is -0.136. The van der Waals surface area contributed by atoms with E-state index in [1.807, 2.05) is 43.3 Å². The number of carbonyl (C=O) groups is 1. The second-order valence-electron chi connectivity index (χ2n) is 4.66. The van der Waals surface area contributed by atoms with Crippen molar-refractivity contribution in [3.63, 3.8) is 0 Å². The molecule has 0 aliphatic carbocycles. The third-order valence-corrected chi connectivity index (χ3v) is 3.58. The fourth-order valence-corrected chi connectivity index (χ4v) is 2.20. The van der Waals surface area contributed by atoms with Crippen LogP contribution in [-0.4, -0.2) is 12.5 Å². The highest BCUT2D eigenvalue weighted by molar-refractivity contribution is 9.08. The Kier molecular flexibility index (Phi) is 5.81. The van der Waals surface area contributed by atoms with Gasteiger partial charge in [-0.2, -0.15) is 0 Å².